The summed E-state index contributed by atoms with van der Waals surface area (Å²) in [5.41, 5.74) is 11.0. The van der Waals surface area contributed by atoms with E-state index in [1.807, 2.05) is 47.4 Å². The first kappa shape index (κ1) is 36.4. The van der Waals surface area contributed by atoms with Crippen LogP contribution in [0.5, 0.6) is 11.5 Å². The van der Waals surface area contributed by atoms with Gasteiger partial charge in [0.1, 0.15) is 23.2 Å². The van der Waals surface area contributed by atoms with Gasteiger partial charge in [-0.1, -0.05) is 130 Å². The minimum atomic E-state index is -0.208. The molecule has 0 N–H and O–H groups in total. The molecule has 8 heteroatoms. The number of fused-ring (bicyclic) bond motifs is 5. The lowest BCUT2D eigenvalue weighted by Crippen LogP contribution is -2.59. The fraction of sp³-hybridized carbons (Fsp3) is 0.0755. The maximum absolute atomic E-state index is 6.70. The van der Waals surface area contributed by atoms with Crippen molar-refractivity contribution in [2.45, 2.75) is 26.2 Å². The van der Waals surface area contributed by atoms with Crippen LogP contribution in [0.4, 0.5) is 5.82 Å². The second-order valence-corrected chi connectivity index (χ2v) is 16.6. The maximum Gasteiger partial charge on any atom is 0.335 e. The molecule has 0 fully saturated rings. The molecule has 7 nitrogen and oxygen atoms in total. The van der Waals surface area contributed by atoms with Gasteiger partial charge in [0.15, 0.2) is 5.82 Å². The summed E-state index contributed by atoms with van der Waals surface area (Å²) in [5, 5.41) is 7.37. The third-order valence-electron chi connectivity index (χ3n) is 11.8. The highest BCUT2D eigenvalue weighted by atomic mass is 16.5. The Bertz CT molecular complexity index is 3170. The van der Waals surface area contributed by atoms with Gasteiger partial charge < -0.3 is 9.55 Å². The minimum Gasteiger partial charge on any atom is -0.457 e. The molecule has 11 rings (SSSR count). The van der Waals surface area contributed by atoms with Crippen LogP contribution >= 0.6 is 0 Å². The Morgan fingerprint density at radius 3 is 2.10 bits per heavy atom. The van der Waals surface area contributed by atoms with Crippen molar-refractivity contribution >= 4 is 51.2 Å². The Morgan fingerprint density at radius 1 is 0.623 bits per heavy atom. The summed E-state index contributed by atoms with van der Waals surface area (Å²) in [5.74, 6) is 3.93. The Balaban J connectivity index is 1.01. The zero-order valence-corrected chi connectivity index (χ0v) is 34.1. The van der Waals surface area contributed by atoms with E-state index in [0.29, 0.717) is 5.75 Å². The van der Waals surface area contributed by atoms with Crippen molar-refractivity contribution in [3.05, 3.63) is 200 Å². The summed E-state index contributed by atoms with van der Waals surface area (Å²) >= 11 is 0. The highest BCUT2D eigenvalue weighted by Crippen LogP contribution is 2.37. The van der Waals surface area contributed by atoms with Gasteiger partial charge in [0, 0.05) is 40.8 Å². The van der Waals surface area contributed by atoms with E-state index in [2.05, 4.69) is 182 Å². The van der Waals surface area contributed by atoms with E-state index in [0.717, 1.165) is 61.9 Å². The third-order valence-corrected chi connectivity index (χ3v) is 11.8. The SMILES string of the molecule is CC(C)(C)c1ccnc(-n2c3ccccc3c3ccc(Oc4cccc(-n5ncc6c5N=C5C=CC=CN5B6c5c(-c6ccccc6)cccc5-c5ccccc5)c4)cc32)c1. The molecule has 6 aromatic carbocycles. The largest absolute Gasteiger partial charge is 0.457 e. The fourth-order valence-corrected chi connectivity index (χ4v) is 8.84. The molecule has 0 radical (unpaired) electrons. The van der Waals surface area contributed by atoms with Gasteiger partial charge in [0.2, 0.25) is 0 Å². The lowest BCUT2D eigenvalue weighted by molar-refractivity contribution is 0.483. The Morgan fingerprint density at radius 2 is 1.33 bits per heavy atom. The van der Waals surface area contributed by atoms with E-state index in [1.54, 1.807) is 0 Å². The first-order valence-corrected chi connectivity index (χ1v) is 20.7. The zero-order valence-electron chi connectivity index (χ0n) is 34.1. The van der Waals surface area contributed by atoms with E-state index < -0.39 is 0 Å². The molecule has 0 bridgehead atoms. The molecule has 0 spiro atoms. The topological polar surface area (TPSA) is 60.5 Å². The van der Waals surface area contributed by atoms with Crippen LogP contribution in [-0.4, -0.2) is 36.8 Å². The van der Waals surface area contributed by atoms with Gasteiger partial charge in [-0.2, -0.15) is 5.10 Å². The first-order valence-electron chi connectivity index (χ1n) is 20.7. The summed E-state index contributed by atoms with van der Waals surface area (Å²) in [7, 11) is 0. The first-order chi connectivity index (χ1) is 29.9. The molecule has 0 aliphatic carbocycles. The van der Waals surface area contributed by atoms with Crippen LogP contribution in [0.15, 0.2) is 200 Å². The standard InChI is InChI=1S/C53H41BN6O/c1-53(2,3)38-29-30-55-50(32-38)59-47-25-11-10-22-44(47)45-28-27-41(34-48(45)59)61-40-21-14-20-39(33-40)60-52-46(35-56-60)54(58-31-13-12-26-49(58)57-52)51-42(36-16-6-4-7-17-36)23-15-24-43(51)37-18-8-5-9-19-37/h4-35H,1-3H3. The number of aliphatic imine (C=N–C) groups is 1. The summed E-state index contributed by atoms with van der Waals surface area (Å²) in [6, 6.07) is 55.1. The molecular formula is C53H41BN6O. The van der Waals surface area contributed by atoms with Crippen LogP contribution in [0.25, 0.3) is 55.6 Å². The van der Waals surface area contributed by atoms with Crippen molar-refractivity contribution in [2.24, 2.45) is 4.99 Å². The van der Waals surface area contributed by atoms with Gasteiger partial charge in [0.25, 0.3) is 0 Å². The third kappa shape index (κ3) is 6.35. The molecule has 9 aromatic rings. The molecule has 5 heterocycles. The number of hydrogen-bond acceptors (Lipinski definition) is 5. The van der Waals surface area contributed by atoms with Crippen molar-refractivity contribution < 1.29 is 4.74 Å². The average Bonchev–Trinajstić information content (AvgIpc) is 3.87. The molecule has 292 valence electrons. The van der Waals surface area contributed by atoms with Gasteiger partial charge >= 0.3 is 6.85 Å². The highest BCUT2D eigenvalue weighted by molar-refractivity contribution is 6.88. The normalized spacial score (nSPS) is 13.4. The van der Waals surface area contributed by atoms with Crippen LogP contribution in [-0.2, 0) is 5.41 Å². The number of pyridine rings is 1. The van der Waals surface area contributed by atoms with Crippen LogP contribution in [0.1, 0.15) is 26.3 Å². The summed E-state index contributed by atoms with van der Waals surface area (Å²) in [6.45, 7) is 6.48. The second kappa shape index (κ2) is 14.5. The van der Waals surface area contributed by atoms with Crippen LogP contribution in [0.2, 0.25) is 0 Å². The minimum absolute atomic E-state index is 0.0161. The number of para-hydroxylation sites is 1. The molecular weight excluding hydrogens is 747 g/mol. The van der Waals surface area contributed by atoms with Crippen molar-refractivity contribution in [1.29, 1.82) is 0 Å². The zero-order chi connectivity index (χ0) is 41.1. The molecule has 0 atom stereocenters. The predicted molar refractivity (Wildman–Crippen MR) is 250 cm³/mol. The lowest BCUT2D eigenvalue weighted by Gasteiger charge is -2.35. The maximum atomic E-state index is 6.70. The van der Waals surface area contributed by atoms with Gasteiger partial charge in [-0.05, 0) is 99.5 Å². The molecule has 0 saturated carbocycles. The van der Waals surface area contributed by atoms with Crippen molar-refractivity contribution in [2.75, 3.05) is 0 Å². The molecule has 0 amide bonds. The van der Waals surface area contributed by atoms with E-state index in [1.165, 1.54) is 27.5 Å². The summed E-state index contributed by atoms with van der Waals surface area (Å²) < 4.78 is 10.9. The Labute approximate surface area is 355 Å². The highest BCUT2D eigenvalue weighted by Gasteiger charge is 2.40. The van der Waals surface area contributed by atoms with Gasteiger partial charge in [0.05, 0.1) is 16.7 Å². The molecule has 0 unspecified atom stereocenters. The summed E-state index contributed by atoms with van der Waals surface area (Å²) in [6.07, 6.45) is 12.2. The average molecular weight is 789 g/mol. The monoisotopic (exact) mass is 788 g/mol. The molecule has 2 aliphatic rings. The number of nitrogens with zero attached hydrogens (tertiary/aromatic N) is 6. The number of benzene rings is 6. The number of aromatic nitrogens is 4. The second-order valence-electron chi connectivity index (χ2n) is 16.6. The van der Waals surface area contributed by atoms with Gasteiger partial charge in [-0.3, -0.25) is 4.57 Å². The molecule has 3 aromatic heterocycles. The van der Waals surface area contributed by atoms with Crippen molar-refractivity contribution in [1.82, 2.24) is 24.1 Å². The Kier molecular flexibility index (Phi) is 8.67. The molecule has 2 aliphatic heterocycles. The van der Waals surface area contributed by atoms with Crippen molar-refractivity contribution in [3.63, 3.8) is 0 Å². The number of rotatable bonds is 7. The van der Waals surface area contributed by atoms with Gasteiger partial charge in [-0.15, -0.1) is 0 Å². The summed E-state index contributed by atoms with van der Waals surface area (Å²) in [4.78, 5) is 12.4. The van der Waals surface area contributed by atoms with Gasteiger partial charge in [-0.25, -0.2) is 14.7 Å². The van der Waals surface area contributed by atoms with Crippen molar-refractivity contribution in [3.8, 4) is 45.3 Å². The quantitative estimate of drug-likeness (QED) is 0.151. The Hall–Kier alpha value is -7.71. The van der Waals surface area contributed by atoms with Crippen LogP contribution in [0, 0.1) is 0 Å². The van der Waals surface area contributed by atoms with E-state index in [9.17, 15) is 0 Å². The van der Waals surface area contributed by atoms with Crippen LogP contribution in [0.3, 0.4) is 0 Å². The van der Waals surface area contributed by atoms with E-state index in [-0.39, 0.29) is 12.3 Å². The fourth-order valence-electron chi connectivity index (χ4n) is 8.84. The smallest absolute Gasteiger partial charge is 0.335 e. The number of hydrogen-bond donors (Lipinski definition) is 0. The lowest BCUT2D eigenvalue weighted by atomic mass is 9.46. The molecule has 61 heavy (non-hydrogen) atoms. The number of ether oxygens (including phenoxy) is 1. The number of amidine groups is 1. The number of allylic oxidation sites excluding steroid dienone is 2. The molecule has 0 saturated heterocycles. The predicted octanol–water partition coefficient (Wildman–Crippen LogP) is 11.3. The van der Waals surface area contributed by atoms with Crippen LogP contribution < -0.4 is 15.7 Å². The van der Waals surface area contributed by atoms with E-state index in [4.69, 9.17) is 19.8 Å². The van der Waals surface area contributed by atoms with E-state index >= 15 is 0 Å².